The number of amides is 2. The Morgan fingerprint density at radius 2 is 1.52 bits per heavy atom. The molecule has 0 fully saturated rings. The SMILES string of the molecule is CC(C)c1ccc(/C=C(/NC(=O)C(C)(C)C)C(=O)Nc2ccc3ccccc3c2)cc1. The fourth-order valence-electron chi connectivity index (χ4n) is 3.08. The third kappa shape index (κ3) is 5.82. The Morgan fingerprint density at radius 1 is 0.871 bits per heavy atom. The van der Waals surface area contributed by atoms with Gasteiger partial charge in [-0.2, -0.15) is 0 Å². The Morgan fingerprint density at radius 3 is 2.13 bits per heavy atom. The highest BCUT2D eigenvalue weighted by molar-refractivity contribution is 6.09. The van der Waals surface area contributed by atoms with Crippen LogP contribution in [0.1, 0.15) is 51.7 Å². The second kappa shape index (κ2) is 9.17. The van der Waals surface area contributed by atoms with E-state index in [0.29, 0.717) is 11.6 Å². The van der Waals surface area contributed by atoms with Gasteiger partial charge in [0, 0.05) is 11.1 Å². The van der Waals surface area contributed by atoms with Gasteiger partial charge in [-0.25, -0.2) is 0 Å². The van der Waals surface area contributed by atoms with Gasteiger partial charge in [0.25, 0.3) is 5.91 Å². The van der Waals surface area contributed by atoms with E-state index < -0.39 is 5.41 Å². The summed E-state index contributed by atoms with van der Waals surface area (Å²) in [5, 5.41) is 7.86. The minimum Gasteiger partial charge on any atom is -0.321 e. The highest BCUT2D eigenvalue weighted by Crippen LogP contribution is 2.21. The molecule has 0 aliphatic carbocycles. The quantitative estimate of drug-likeness (QED) is 0.495. The molecule has 4 nitrogen and oxygen atoms in total. The lowest BCUT2D eigenvalue weighted by molar-refractivity contribution is -0.128. The molecular weight excluding hydrogens is 384 g/mol. The summed E-state index contributed by atoms with van der Waals surface area (Å²) in [6.07, 6.45) is 1.71. The van der Waals surface area contributed by atoms with Crippen molar-refractivity contribution < 1.29 is 9.59 Å². The van der Waals surface area contributed by atoms with E-state index in [0.717, 1.165) is 16.3 Å². The van der Waals surface area contributed by atoms with E-state index in [1.54, 1.807) is 6.08 Å². The van der Waals surface area contributed by atoms with E-state index in [1.807, 2.05) is 87.5 Å². The summed E-state index contributed by atoms with van der Waals surface area (Å²) in [6.45, 7) is 9.73. The van der Waals surface area contributed by atoms with Gasteiger partial charge in [0.2, 0.25) is 5.91 Å². The third-order valence-electron chi connectivity index (χ3n) is 5.10. The van der Waals surface area contributed by atoms with Gasteiger partial charge in [0.15, 0.2) is 0 Å². The molecule has 4 heteroatoms. The third-order valence-corrected chi connectivity index (χ3v) is 5.10. The summed E-state index contributed by atoms with van der Waals surface area (Å²) < 4.78 is 0. The van der Waals surface area contributed by atoms with Crippen molar-refractivity contribution in [1.82, 2.24) is 5.32 Å². The molecule has 3 aromatic rings. The number of carbonyl (C=O) groups excluding carboxylic acids is 2. The molecule has 3 rings (SSSR count). The monoisotopic (exact) mass is 414 g/mol. The maximum atomic E-state index is 13.1. The average molecular weight is 415 g/mol. The van der Waals surface area contributed by atoms with Crippen LogP contribution in [0.5, 0.6) is 0 Å². The number of hydrogen-bond donors (Lipinski definition) is 2. The van der Waals surface area contributed by atoms with Crippen LogP contribution in [0.3, 0.4) is 0 Å². The lowest BCUT2D eigenvalue weighted by Gasteiger charge is -2.19. The molecular formula is C27H30N2O2. The zero-order valence-corrected chi connectivity index (χ0v) is 18.8. The van der Waals surface area contributed by atoms with Crippen molar-refractivity contribution in [2.75, 3.05) is 5.32 Å². The van der Waals surface area contributed by atoms with Crippen LogP contribution in [0.15, 0.2) is 72.4 Å². The molecule has 0 saturated heterocycles. The Kier molecular flexibility index (Phi) is 6.59. The number of rotatable bonds is 5. The van der Waals surface area contributed by atoms with Crippen LogP contribution in [-0.2, 0) is 9.59 Å². The molecule has 0 aromatic heterocycles. The first kappa shape index (κ1) is 22.3. The predicted octanol–water partition coefficient (Wildman–Crippen LogP) is 6.11. The smallest absolute Gasteiger partial charge is 0.272 e. The minimum atomic E-state index is -0.621. The topological polar surface area (TPSA) is 58.2 Å². The van der Waals surface area contributed by atoms with Crippen LogP contribution >= 0.6 is 0 Å². The highest BCUT2D eigenvalue weighted by atomic mass is 16.2. The summed E-state index contributed by atoms with van der Waals surface area (Å²) in [7, 11) is 0. The van der Waals surface area contributed by atoms with Crippen LogP contribution in [-0.4, -0.2) is 11.8 Å². The maximum Gasteiger partial charge on any atom is 0.272 e. The van der Waals surface area contributed by atoms with Crippen molar-refractivity contribution in [2.24, 2.45) is 5.41 Å². The number of benzene rings is 3. The molecule has 0 heterocycles. The highest BCUT2D eigenvalue weighted by Gasteiger charge is 2.24. The van der Waals surface area contributed by atoms with Gasteiger partial charge in [-0.1, -0.05) is 89.2 Å². The molecule has 0 atom stereocenters. The van der Waals surface area contributed by atoms with Crippen molar-refractivity contribution in [3.05, 3.63) is 83.6 Å². The van der Waals surface area contributed by atoms with E-state index in [4.69, 9.17) is 0 Å². The van der Waals surface area contributed by atoms with Crippen LogP contribution in [0.4, 0.5) is 5.69 Å². The molecule has 31 heavy (non-hydrogen) atoms. The van der Waals surface area contributed by atoms with Gasteiger partial charge in [-0.15, -0.1) is 0 Å². The Balaban J connectivity index is 1.89. The molecule has 0 radical (unpaired) electrons. The summed E-state index contributed by atoms with van der Waals surface area (Å²) in [5.41, 5.74) is 2.34. The number of fused-ring (bicyclic) bond motifs is 1. The lowest BCUT2D eigenvalue weighted by Crippen LogP contribution is -2.38. The molecule has 0 aliphatic heterocycles. The molecule has 2 N–H and O–H groups in total. The van der Waals surface area contributed by atoms with Gasteiger partial charge >= 0.3 is 0 Å². The summed E-state index contributed by atoms with van der Waals surface area (Å²) in [4.78, 5) is 25.7. The van der Waals surface area contributed by atoms with Gasteiger partial charge in [0.05, 0.1) is 0 Å². The van der Waals surface area contributed by atoms with Crippen LogP contribution < -0.4 is 10.6 Å². The van der Waals surface area contributed by atoms with Crippen molar-refractivity contribution >= 4 is 34.4 Å². The van der Waals surface area contributed by atoms with Crippen LogP contribution in [0, 0.1) is 5.41 Å². The number of nitrogens with one attached hydrogen (secondary N) is 2. The molecule has 0 unspecified atom stereocenters. The molecule has 160 valence electrons. The van der Waals surface area contributed by atoms with Gasteiger partial charge in [-0.3, -0.25) is 9.59 Å². The molecule has 0 saturated carbocycles. The molecule has 0 spiro atoms. The first-order valence-electron chi connectivity index (χ1n) is 10.6. The van der Waals surface area contributed by atoms with Crippen molar-refractivity contribution in [3.8, 4) is 0 Å². The van der Waals surface area contributed by atoms with Crippen LogP contribution in [0.2, 0.25) is 0 Å². The summed E-state index contributed by atoms with van der Waals surface area (Å²) >= 11 is 0. The zero-order valence-electron chi connectivity index (χ0n) is 18.8. The second-order valence-electron chi connectivity index (χ2n) is 9.10. The van der Waals surface area contributed by atoms with E-state index in [1.165, 1.54) is 5.56 Å². The Hall–Kier alpha value is -3.40. The van der Waals surface area contributed by atoms with Crippen molar-refractivity contribution in [2.45, 2.75) is 40.5 Å². The first-order valence-corrected chi connectivity index (χ1v) is 10.6. The summed E-state index contributed by atoms with van der Waals surface area (Å²) in [5.74, 6) is -0.152. The average Bonchev–Trinajstić information content (AvgIpc) is 2.72. The number of hydrogen-bond acceptors (Lipinski definition) is 2. The Bertz CT molecular complexity index is 1120. The standard InChI is InChI=1S/C27H30N2O2/c1-18(2)20-12-10-19(11-13-20)16-24(29-26(31)27(3,4)5)25(30)28-23-15-14-21-8-6-7-9-22(21)17-23/h6-18H,1-5H3,(H,28,30)(H,29,31)/b24-16+. The van der Waals surface area contributed by atoms with Gasteiger partial charge in [-0.05, 0) is 46.0 Å². The Labute approximate surface area is 184 Å². The lowest BCUT2D eigenvalue weighted by atomic mass is 9.95. The number of anilines is 1. The fourth-order valence-corrected chi connectivity index (χ4v) is 3.08. The van der Waals surface area contributed by atoms with Crippen LogP contribution in [0.25, 0.3) is 16.8 Å². The zero-order chi connectivity index (χ0) is 22.6. The van der Waals surface area contributed by atoms with Crippen molar-refractivity contribution in [3.63, 3.8) is 0 Å². The van der Waals surface area contributed by atoms with E-state index in [2.05, 4.69) is 24.5 Å². The molecule has 0 bridgehead atoms. The van der Waals surface area contributed by atoms with E-state index in [-0.39, 0.29) is 17.5 Å². The largest absolute Gasteiger partial charge is 0.321 e. The van der Waals surface area contributed by atoms with Crippen molar-refractivity contribution in [1.29, 1.82) is 0 Å². The molecule has 3 aromatic carbocycles. The normalized spacial score (nSPS) is 12.1. The van der Waals surface area contributed by atoms with Gasteiger partial charge in [0.1, 0.15) is 5.70 Å². The molecule has 2 amide bonds. The van der Waals surface area contributed by atoms with Gasteiger partial charge < -0.3 is 10.6 Å². The first-order chi connectivity index (χ1) is 14.6. The fraction of sp³-hybridized carbons (Fsp3) is 0.259. The van der Waals surface area contributed by atoms with E-state index in [9.17, 15) is 9.59 Å². The number of carbonyl (C=O) groups is 2. The minimum absolute atomic E-state index is 0.213. The van der Waals surface area contributed by atoms with E-state index >= 15 is 0 Å². The predicted molar refractivity (Wildman–Crippen MR) is 129 cm³/mol. The second-order valence-corrected chi connectivity index (χ2v) is 9.10. The summed E-state index contributed by atoms with van der Waals surface area (Å²) in [6, 6.07) is 21.7. The maximum absolute atomic E-state index is 13.1. The molecule has 0 aliphatic rings.